The van der Waals surface area contributed by atoms with Gasteiger partial charge in [0.05, 0.1) is 6.61 Å². The van der Waals surface area contributed by atoms with Crippen LogP contribution >= 0.6 is 7.82 Å². The van der Waals surface area contributed by atoms with E-state index in [9.17, 15) is 19.0 Å². The van der Waals surface area contributed by atoms with E-state index < -0.39 is 38.8 Å². The summed E-state index contributed by atoms with van der Waals surface area (Å²) in [7, 11) is -4.65. The van der Waals surface area contributed by atoms with E-state index in [2.05, 4.69) is 0 Å². The number of carboxylic acid groups (broad SMARTS) is 1. The van der Waals surface area contributed by atoms with Gasteiger partial charge in [0, 0.05) is 13.0 Å². The van der Waals surface area contributed by atoms with E-state index in [1.807, 2.05) is 78.9 Å². The molecule has 0 aromatic heterocycles. The van der Waals surface area contributed by atoms with Crippen LogP contribution in [0.15, 0.2) is 78.9 Å². The summed E-state index contributed by atoms with van der Waals surface area (Å²) in [5.74, 6) is 0.486. The fourth-order valence-corrected chi connectivity index (χ4v) is 5.25. The molecule has 13 heteroatoms. The van der Waals surface area contributed by atoms with Gasteiger partial charge in [-0.3, -0.25) is 18.6 Å². The first kappa shape index (κ1) is 33.3. The van der Waals surface area contributed by atoms with Gasteiger partial charge in [-0.15, -0.1) is 0 Å². The quantitative estimate of drug-likeness (QED) is 0.177. The number of Topliss-reactive ketones (excluding diaryl/α,β-unsaturated/α-hetero) is 1. The molecule has 236 valence electrons. The number of carboxylic acids is 1. The average Bonchev–Trinajstić information content (AvgIpc) is 3.02. The number of aliphatic carboxylic acids is 1. The number of hydrogen-bond donors (Lipinski definition) is 3. The van der Waals surface area contributed by atoms with Gasteiger partial charge in [0.15, 0.2) is 12.1 Å². The number of nitrogens with two attached hydrogens (primary N) is 1. The first-order valence-corrected chi connectivity index (χ1v) is 15.6. The molecule has 12 nitrogen and oxygen atoms in total. The highest BCUT2D eigenvalue weighted by atomic mass is 31.2. The van der Waals surface area contributed by atoms with Gasteiger partial charge in [-0.05, 0) is 60.7 Å². The second-order valence-electron chi connectivity index (χ2n) is 10.0. The van der Waals surface area contributed by atoms with Crippen LogP contribution in [0.2, 0.25) is 0 Å². The Morgan fingerprint density at radius 3 is 2.57 bits per heavy atom. The van der Waals surface area contributed by atoms with Gasteiger partial charge >= 0.3 is 13.8 Å². The molecule has 4 N–H and O–H groups in total. The number of hydrogen-bond acceptors (Lipinski definition) is 10. The van der Waals surface area contributed by atoms with Gasteiger partial charge in [-0.25, -0.2) is 4.57 Å². The van der Waals surface area contributed by atoms with Crippen molar-refractivity contribution in [1.82, 2.24) is 0 Å². The summed E-state index contributed by atoms with van der Waals surface area (Å²) in [5, 5.41) is 8.82. The lowest BCUT2D eigenvalue weighted by atomic mass is 10.1. The molecule has 1 unspecified atom stereocenters. The second-order valence-corrected chi connectivity index (χ2v) is 11.4. The van der Waals surface area contributed by atoms with Crippen LogP contribution in [0.3, 0.4) is 0 Å². The van der Waals surface area contributed by atoms with E-state index >= 15 is 0 Å². The summed E-state index contributed by atoms with van der Waals surface area (Å²) >= 11 is 0. The zero-order valence-corrected chi connectivity index (χ0v) is 24.9. The third-order valence-electron chi connectivity index (χ3n) is 6.55. The zero-order valence-electron chi connectivity index (χ0n) is 24.0. The minimum Gasteiger partial charge on any atom is -0.489 e. The largest absolute Gasteiger partial charge is 0.489 e. The van der Waals surface area contributed by atoms with Crippen molar-refractivity contribution in [3.8, 4) is 17.2 Å². The Morgan fingerprint density at radius 1 is 1.02 bits per heavy atom. The van der Waals surface area contributed by atoms with Crippen molar-refractivity contribution in [3.63, 3.8) is 0 Å². The van der Waals surface area contributed by atoms with Gasteiger partial charge in [0.2, 0.25) is 0 Å². The Balaban J connectivity index is 1.25. The molecule has 44 heavy (non-hydrogen) atoms. The van der Waals surface area contributed by atoms with Crippen LogP contribution in [-0.2, 0) is 45.7 Å². The van der Waals surface area contributed by atoms with Crippen LogP contribution < -0.4 is 15.2 Å². The lowest BCUT2D eigenvalue weighted by Gasteiger charge is -2.31. The fraction of sp³-hybridized carbons (Fsp3) is 0.355. The average molecular weight is 630 g/mol. The summed E-state index contributed by atoms with van der Waals surface area (Å²) in [4.78, 5) is 33.5. The number of phosphoric acid groups is 1. The minimum absolute atomic E-state index is 0.160. The van der Waals surface area contributed by atoms with Crippen LogP contribution in [0.25, 0.3) is 0 Å². The summed E-state index contributed by atoms with van der Waals surface area (Å²) < 4.78 is 45.2. The molecule has 0 aliphatic carbocycles. The van der Waals surface area contributed by atoms with Crippen molar-refractivity contribution in [3.05, 3.63) is 90.0 Å². The smallest absolute Gasteiger partial charge is 0.472 e. The number of para-hydroxylation sites is 2. The maximum Gasteiger partial charge on any atom is 0.472 e. The van der Waals surface area contributed by atoms with Gasteiger partial charge in [0.25, 0.3) is 0 Å². The highest BCUT2D eigenvalue weighted by molar-refractivity contribution is 7.47. The predicted octanol–water partition coefficient (Wildman–Crippen LogP) is 4.63. The van der Waals surface area contributed by atoms with E-state index in [-0.39, 0.29) is 18.8 Å². The highest BCUT2D eigenvalue weighted by Gasteiger charge is 2.36. The molecule has 0 saturated carbocycles. The normalized spacial score (nSPS) is 18.6. The molecular weight excluding hydrogens is 593 g/mol. The molecule has 4 atom stereocenters. The Morgan fingerprint density at radius 2 is 1.77 bits per heavy atom. The Hall–Kier alpha value is -3.61. The third kappa shape index (κ3) is 10.8. The van der Waals surface area contributed by atoms with Crippen LogP contribution in [0.1, 0.15) is 30.4 Å². The highest BCUT2D eigenvalue weighted by Crippen LogP contribution is 2.46. The van der Waals surface area contributed by atoms with E-state index in [0.717, 1.165) is 16.9 Å². The van der Waals surface area contributed by atoms with Gasteiger partial charge in [-0.2, -0.15) is 0 Å². The number of phosphoric ester groups is 1. The standard InChI is InChI=1S/C31H36NO11P/c32-27(30(34)35)21-41-44(36,37)43-29-14-7-17-38-31(29)40-20-24(33)16-15-23-9-4-5-13-28(23)39-19-22-8-6-12-26(18-22)42-25-10-2-1-3-11-25/h1-6,8-13,18,27,29,31H,7,14-17,19-21,32H2,(H,34,35)(H,36,37)/t27-,29+,31+/m0/s1. The molecule has 3 aromatic rings. The molecule has 4 rings (SSSR count). The van der Waals surface area contributed by atoms with Crippen LogP contribution in [-0.4, -0.2) is 60.0 Å². The number of aryl methyl sites for hydroxylation is 1. The lowest BCUT2D eigenvalue weighted by Crippen LogP contribution is -2.39. The third-order valence-corrected chi connectivity index (χ3v) is 7.56. The maximum atomic E-state index is 12.7. The predicted molar refractivity (Wildman–Crippen MR) is 158 cm³/mol. The zero-order chi connectivity index (χ0) is 31.4. The van der Waals surface area contributed by atoms with Crippen molar-refractivity contribution in [2.24, 2.45) is 5.73 Å². The van der Waals surface area contributed by atoms with Crippen molar-refractivity contribution < 1.29 is 52.1 Å². The van der Waals surface area contributed by atoms with E-state index in [4.69, 9.17) is 38.8 Å². The Kier molecular flexibility index (Phi) is 12.5. The molecule has 0 radical (unpaired) electrons. The molecule has 0 spiro atoms. The van der Waals surface area contributed by atoms with Crippen LogP contribution in [0, 0.1) is 0 Å². The van der Waals surface area contributed by atoms with Crippen molar-refractivity contribution in [2.45, 2.75) is 50.7 Å². The summed E-state index contributed by atoms with van der Waals surface area (Å²) in [6.45, 7) is -0.407. The van der Waals surface area contributed by atoms with Crippen molar-refractivity contribution in [1.29, 1.82) is 0 Å². The molecule has 1 fully saturated rings. The topological polar surface area (TPSA) is 173 Å². The molecular formula is C31H36NO11P. The number of rotatable bonds is 17. The Bertz CT molecular complexity index is 1420. The molecule has 1 heterocycles. The number of benzene rings is 3. The summed E-state index contributed by atoms with van der Waals surface area (Å²) in [5.41, 5.74) is 7.08. The Labute approximate surface area is 255 Å². The SMILES string of the molecule is N[C@@H](COP(=O)(O)O[C@@H]1CCCO[C@@H]1OCC(=O)CCc1ccccc1OCc1cccc(Oc2ccccc2)c1)C(=O)O. The molecule has 0 bridgehead atoms. The van der Waals surface area contributed by atoms with Gasteiger partial charge in [0.1, 0.15) is 42.6 Å². The van der Waals surface area contributed by atoms with Crippen molar-refractivity contribution >= 4 is 19.6 Å². The first-order valence-electron chi connectivity index (χ1n) is 14.1. The monoisotopic (exact) mass is 629 g/mol. The summed E-state index contributed by atoms with van der Waals surface area (Å²) in [6, 6.07) is 23.1. The summed E-state index contributed by atoms with van der Waals surface area (Å²) in [6.07, 6.45) is -0.683. The number of ether oxygens (including phenoxy) is 4. The van der Waals surface area contributed by atoms with E-state index in [0.29, 0.717) is 44.0 Å². The number of ketones is 1. The van der Waals surface area contributed by atoms with Gasteiger partial charge in [-0.1, -0.05) is 48.5 Å². The van der Waals surface area contributed by atoms with Gasteiger partial charge < -0.3 is 34.7 Å². The number of carbonyl (C=O) groups excluding carboxylic acids is 1. The second kappa shape index (κ2) is 16.5. The molecule has 1 saturated heterocycles. The lowest BCUT2D eigenvalue weighted by molar-refractivity contribution is -0.210. The fourth-order valence-electron chi connectivity index (χ4n) is 4.29. The molecule has 1 aliphatic heterocycles. The molecule has 1 aliphatic rings. The van der Waals surface area contributed by atoms with Crippen LogP contribution in [0.4, 0.5) is 0 Å². The number of carbonyl (C=O) groups is 2. The van der Waals surface area contributed by atoms with E-state index in [1.165, 1.54) is 0 Å². The van der Waals surface area contributed by atoms with Crippen LogP contribution in [0.5, 0.6) is 17.2 Å². The maximum absolute atomic E-state index is 12.7. The minimum atomic E-state index is -4.65. The molecule has 3 aromatic carbocycles. The van der Waals surface area contributed by atoms with E-state index in [1.54, 1.807) is 0 Å². The first-order chi connectivity index (χ1) is 21.2. The molecule has 0 amide bonds. The van der Waals surface area contributed by atoms with Crippen molar-refractivity contribution in [2.75, 3.05) is 19.8 Å².